The van der Waals surface area contributed by atoms with Gasteiger partial charge in [-0.3, -0.25) is 4.79 Å². The number of benzene rings is 5. The van der Waals surface area contributed by atoms with Gasteiger partial charge in [-0.05, 0) is 34.0 Å². The maximum atomic E-state index is 14.0. The molecular formula is C33H25NO. The van der Waals surface area contributed by atoms with Crippen LogP contribution in [0.2, 0.25) is 0 Å². The topological polar surface area (TPSA) is 20.3 Å². The average molecular weight is 452 g/mol. The second-order valence-corrected chi connectivity index (χ2v) is 8.88. The van der Waals surface area contributed by atoms with Gasteiger partial charge in [-0.25, -0.2) is 0 Å². The zero-order valence-corrected chi connectivity index (χ0v) is 19.3. The summed E-state index contributed by atoms with van der Waals surface area (Å²) in [6.07, 6.45) is 0.640. The first-order valence-electron chi connectivity index (χ1n) is 12.0. The molecule has 0 saturated carbocycles. The lowest BCUT2D eigenvalue weighted by Gasteiger charge is -2.31. The van der Waals surface area contributed by atoms with Crippen LogP contribution >= 0.6 is 0 Å². The first kappa shape index (κ1) is 21.1. The van der Waals surface area contributed by atoms with E-state index in [1.54, 1.807) is 0 Å². The third-order valence-corrected chi connectivity index (χ3v) is 6.81. The highest BCUT2D eigenvalue weighted by molar-refractivity contribution is 6.15. The summed E-state index contributed by atoms with van der Waals surface area (Å²) in [5.74, 6) is 0.0909. The summed E-state index contributed by atoms with van der Waals surface area (Å²) in [4.78, 5) is 16.3. The summed E-state index contributed by atoms with van der Waals surface area (Å²) in [7, 11) is 0. The molecule has 5 aromatic carbocycles. The molecule has 0 aromatic heterocycles. The Morgan fingerprint density at radius 2 is 1.23 bits per heavy atom. The predicted molar refractivity (Wildman–Crippen MR) is 144 cm³/mol. The lowest BCUT2D eigenvalue weighted by atomic mass is 9.93. The van der Waals surface area contributed by atoms with Crippen LogP contribution in [0, 0.1) is 0 Å². The summed E-state index contributed by atoms with van der Waals surface area (Å²) >= 11 is 0. The Kier molecular flexibility index (Phi) is 5.48. The van der Waals surface area contributed by atoms with E-state index < -0.39 is 0 Å². The van der Waals surface area contributed by atoms with Gasteiger partial charge in [-0.2, -0.15) is 0 Å². The quantitative estimate of drug-likeness (QED) is 0.252. The number of nitrogens with zero attached hydrogens (tertiary/aromatic N) is 1. The highest BCUT2D eigenvalue weighted by atomic mass is 16.1. The van der Waals surface area contributed by atoms with Crippen LogP contribution in [0.25, 0.3) is 16.5 Å². The van der Waals surface area contributed by atoms with Crippen molar-refractivity contribution in [3.63, 3.8) is 0 Å². The minimum Gasteiger partial charge on any atom is -0.333 e. The number of carbonyl (C=O) groups excluding carboxylic acids is 1. The Hall–Kier alpha value is -4.43. The summed E-state index contributed by atoms with van der Waals surface area (Å²) in [6.45, 7) is 0. The molecule has 0 aliphatic carbocycles. The van der Waals surface area contributed by atoms with Gasteiger partial charge in [0.25, 0.3) is 0 Å². The van der Waals surface area contributed by atoms with Gasteiger partial charge >= 0.3 is 0 Å². The number of carbonyl (C=O) groups is 1. The molecule has 5 aromatic rings. The van der Waals surface area contributed by atoms with Crippen LogP contribution in [0.15, 0.2) is 139 Å². The maximum absolute atomic E-state index is 14.0. The summed E-state index contributed by atoms with van der Waals surface area (Å²) in [5, 5.41) is 2.43. The number of hydrogen-bond acceptors (Lipinski definition) is 2. The molecule has 0 radical (unpaired) electrons. The first-order valence-corrected chi connectivity index (χ1v) is 12.0. The second-order valence-electron chi connectivity index (χ2n) is 8.88. The van der Waals surface area contributed by atoms with Gasteiger partial charge in [-0.15, -0.1) is 0 Å². The highest BCUT2D eigenvalue weighted by Gasteiger charge is 2.38. The van der Waals surface area contributed by atoms with Crippen molar-refractivity contribution in [3.8, 4) is 0 Å². The van der Waals surface area contributed by atoms with Crippen molar-refractivity contribution in [2.24, 2.45) is 0 Å². The molecule has 35 heavy (non-hydrogen) atoms. The second kappa shape index (κ2) is 9.08. The van der Waals surface area contributed by atoms with E-state index in [-0.39, 0.29) is 11.8 Å². The van der Waals surface area contributed by atoms with E-state index in [2.05, 4.69) is 83.8 Å². The van der Waals surface area contributed by atoms with E-state index in [4.69, 9.17) is 0 Å². The molecule has 1 heterocycles. The Morgan fingerprint density at radius 1 is 0.629 bits per heavy atom. The number of ketones is 1. The molecule has 168 valence electrons. The molecule has 1 aliphatic rings. The predicted octanol–water partition coefficient (Wildman–Crippen LogP) is 8.09. The van der Waals surface area contributed by atoms with E-state index in [9.17, 15) is 4.79 Å². The number of para-hydroxylation sites is 1. The molecule has 1 unspecified atom stereocenters. The zero-order chi connectivity index (χ0) is 23.6. The molecule has 1 atom stereocenters. The van der Waals surface area contributed by atoms with E-state index in [1.165, 1.54) is 16.3 Å². The lowest BCUT2D eigenvalue weighted by molar-refractivity contribution is 0.103. The molecule has 1 aliphatic heterocycles. The molecule has 0 bridgehead atoms. The van der Waals surface area contributed by atoms with E-state index in [1.807, 2.05) is 54.6 Å². The molecule has 2 heteroatoms. The lowest BCUT2D eigenvalue weighted by Crippen LogP contribution is -2.22. The van der Waals surface area contributed by atoms with Gasteiger partial charge in [0.2, 0.25) is 0 Å². The van der Waals surface area contributed by atoms with Crippen molar-refractivity contribution in [2.45, 2.75) is 12.5 Å². The maximum Gasteiger partial charge on any atom is 0.191 e. The fourth-order valence-electron chi connectivity index (χ4n) is 5.24. The monoisotopic (exact) mass is 451 g/mol. The first-order chi connectivity index (χ1) is 17.3. The largest absolute Gasteiger partial charge is 0.333 e. The molecule has 6 rings (SSSR count). The Morgan fingerprint density at radius 3 is 1.97 bits per heavy atom. The standard InChI is InChI=1S/C33H25NO/c35-33(26-16-6-2-7-17-26)30-23-31(29-22-12-18-24-13-10-11-21-28(24)29)34(27-19-8-3-9-20-27)32(30)25-14-4-1-5-15-25/h1-22,31H,23H2. The summed E-state index contributed by atoms with van der Waals surface area (Å²) in [6, 6.07) is 45.4. The molecular weight excluding hydrogens is 426 g/mol. The van der Waals surface area contributed by atoms with E-state index in [0.29, 0.717) is 6.42 Å². The van der Waals surface area contributed by atoms with Crippen LogP contribution in [-0.2, 0) is 0 Å². The Labute approximate surface area is 205 Å². The van der Waals surface area contributed by atoms with Crippen LogP contribution in [0.3, 0.4) is 0 Å². The number of rotatable bonds is 5. The molecule has 0 N–H and O–H groups in total. The number of Topliss-reactive ketones (excluding diaryl/α,β-unsaturated/α-hetero) is 1. The summed E-state index contributed by atoms with van der Waals surface area (Å²) < 4.78 is 0. The fourth-order valence-corrected chi connectivity index (χ4v) is 5.24. The van der Waals surface area contributed by atoms with Crippen LogP contribution in [-0.4, -0.2) is 5.78 Å². The van der Waals surface area contributed by atoms with Crippen LogP contribution < -0.4 is 4.90 Å². The molecule has 0 spiro atoms. The molecule has 0 fully saturated rings. The zero-order valence-electron chi connectivity index (χ0n) is 19.3. The van der Waals surface area contributed by atoms with Crippen molar-refractivity contribution in [2.75, 3.05) is 4.90 Å². The van der Waals surface area contributed by atoms with Crippen molar-refractivity contribution < 1.29 is 4.79 Å². The van der Waals surface area contributed by atoms with Gasteiger partial charge < -0.3 is 4.90 Å². The van der Waals surface area contributed by atoms with Crippen molar-refractivity contribution in [1.29, 1.82) is 0 Å². The average Bonchev–Trinajstić information content (AvgIpc) is 3.34. The molecule has 2 nitrogen and oxygen atoms in total. The third kappa shape index (κ3) is 3.83. The molecule has 0 amide bonds. The smallest absolute Gasteiger partial charge is 0.191 e. The molecule has 0 saturated heterocycles. The third-order valence-electron chi connectivity index (χ3n) is 6.81. The van der Waals surface area contributed by atoms with E-state index in [0.717, 1.165) is 28.1 Å². The Bertz CT molecular complexity index is 1520. The van der Waals surface area contributed by atoms with Crippen molar-refractivity contribution in [3.05, 3.63) is 156 Å². The number of hydrogen-bond donors (Lipinski definition) is 0. The number of fused-ring (bicyclic) bond motifs is 1. The van der Waals surface area contributed by atoms with Crippen LogP contribution in [0.5, 0.6) is 0 Å². The van der Waals surface area contributed by atoms with Gasteiger partial charge in [0.05, 0.1) is 11.7 Å². The minimum atomic E-state index is 0.00127. The van der Waals surface area contributed by atoms with Gasteiger partial charge in [0, 0.05) is 23.2 Å². The normalized spacial score (nSPS) is 15.5. The SMILES string of the molecule is O=C(C1=C(c2ccccc2)N(c2ccccc2)C(c2cccc3ccccc23)C1)c1ccccc1. The number of anilines is 1. The minimum absolute atomic E-state index is 0.00127. The van der Waals surface area contributed by atoms with Gasteiger partial charge in [0.15, 0.2) is 5.78 Å². The van der Waals surface area contributed by atoms with Crippen molar-refractivity contribution in [1.82, 2.24) is 0 Å². The van der Waals surface area contributed by atoms with E-state index >= 15 is 0 Å². The van der Waals surface area contributed by atoms with Gasteiger partial charge in [0.1, 0.15) is 0 Å². The van der Waals surface area contributed by atoms with Crippen LogP contribution in [0.1, 0.15) is 33.9 Å². The highest BCUT2D eigenvalue weighted by Crippen LogP contribution is 2.48. The summed E-state index contributed by atoms with van der Waals surface area (Å²) in [5.41, 5.74) is 5.94. The van der Waals surface area contributed by atoms with Crippen molar-refractivity contribution >= 4 is 27.9 Å². The van der Waals surface area contributed by atoms with Crippen LogP contribution in [0.4, 0.5) is 5.69 Å². The Balaban J connectivity index is 1.60. The fraction of sp³-hybridized carbons (Fsp3) is 0.0606. The van der Waals surface area contributed by atoms with Gasteiger partial charge in [-0.1, -0.05) is 121 Å².